The molecule has 20 heavy (non-hydrogen) atoms. The Bertz CT molecular complexity index is 736. The molecule has 0 radical (unpaired) electrons. The van der Waals surface area contributed by atoms with Crippen LogP contribution >= 0.6 is 25.3 Å². The summed E-state index contributed by atoms with van der Waals surface area (Å²) in [5.41, 5.74) is 2.56. The lowest BCUT2D eigenvalue weighted by molar-refractivity contribution is 0.553. The number of fused-ring (bicyclic) bond motifs is 3. The Morgan fingerprint density at radius 1 is 0.750 bits per heavy atom. The monoisotopic (exact) mass is 300 g/mol. The van der Waals surface area contributed by atoms with Crippen molar-refractivity contribution in [3.8, 4) is 0 Å². The van der Waals surface area contributed by atoms with Crippen LogP contribution in [0.4, 0.5) is 0 Å². The predicted octanol–water partition coefficient (Wildman–Crippen LogP) is 5.48. The highest BCUT2D eigenvalue weighted by molar-refractivity contribution is 7.88. The standard InChI is InChI=1S/C18H20S2/c1-17(2)13-10-9-11-7-5-6-8-12(11)14(13)18(3,4)16(20)15(17)19/h5-10,19-20H,1-4H3. The molecule has 0 N–H and O–H groups in total. The first-order chi connectivity index (χ1) is 9.28. The summed E-state index contributed by atoms with van der Waals surface area (Å²) in [7, 11) is 0. The molecule has 0 aromatic heterocycles. The Hall–Kier alpha value is -0.860. The van der Waals surface area contributed by atoms with E-state index in [4.69, 9.17) is 25.3 Å². The maximum Gasteiger partial charge on any atom is 0.0221 e. The minimum Gasteiger partial charge on any atom is -0.146 e. The van der Waals surface area contributed by atoms with Crippen LogP contribution in [-0.2, 0) is 10.8 Å². The maximum atomic E-state index is 4.80. The van der Waals surface area contributed by atoms with Crippen LogP contribution in [0.5, 0.6) is 0 Å². The molecule has 0 bridgehead atoms. The van der Waals surface area contributed by atoms with Crippen molar-refractivity contribution in [1.29, 1.82) is 0 Å². The van der Waals surface area contributed by atoms with Crippen LogP contribution in [0.25, 0.3) is 10.8 Å². The van der Waals surface area contributed by atoms with Crippen LogP contribution < -0.4 is 0 Å². The lowest BCUT2D eigenvalue weighted by Crippen LogP contribution is -2.34. The van der Waals surface area contributed by atoms with Gasteiger partial charge < -0.3 is 0 Å². The molecule has 0 atom stereocenters. The molecule has 3 rings (SSSR count). The van der Waals surface area contributed by atoms with E-state index in [0.717, 1.165) is 9.81 Å². The average Bonchev–Trinajstić information content (AvgIpc) is 2.42. The Balaban J connectivity index is 2.50. The van der Waals surface area contributed by atoms with Gasteiger partial charge in [0.05, 0.1) is 0 Å². The molecule has 0 saturated carbocycles. The molecule has 1 aliphatic rings. The van der Waals surface area contributed by atoms with E-state index in [9.17, 15) is 0 Å². The van der Waals surface area contributed by atoms with Gasteiger partial charge >= 0.3 is 0 Å². The molecular weight excluding hydrogens is 280 g/mol. The molecule has 2 heteroatoms. The van der Waals surface area contributed by atoms with Crippen molar-refractivity contribution in [1.82, 2.24) is 0 Å². The van der Waals surface area contributed by atoms with Crippen molar-refractivity contribution in [3.05, 3.63) is 57.3 Å². The van der Waals surface area contributed by atoms with Crippen LogP contribution in [0.3, 0.4) is 0 Å². The van der Waals surface area contributed by atoms with Crippen molar-refractivity contribution in [3.63, 3.8) is 0 Å². The lowest BCUT2D eigenvalue weighted by Gasteiger charge is -2.43. The number of allylic oxidation sites excluding steroid dienone is 2. The van der Waals surface area contributed by atoms with Gasteiger partial charge in [0.15, 0.2) is 0 Å². The number of thiol groups is 2. The average molecular weight is 300 g/mol. The van der Waals surface area contributed by atoms with Crippen LogP contribution in [0.2, 0.25) is 0 Å². The second kappa shape index (κ2) is 4.32. The summed E-state index contributed by atoms with van der Waals surface area (Å²) in [5, 5.41) is 2.62. The third-order valence-electron chi connectivity index (χ3n) is 4.64. The van der Waals surface area contributed by atoms with E-state index in [-0.39, 0.29) is 10.8 Å². The topological polar surface area (TPSA) is 0 Å². The first kappa shape index (κ1) is 14.1. The number of benzene rings is 2. The minimum absolute atomic E-state index is 0.0882. The first-order valence-corrected chi connectivity index (χ1v) is 7.83. The summed E-state index contributed by atoms with van der Waals surface area (Å²) in [6.07, 6.45) is 0. The predicted molar refractivity (Wildman–Crippen MR) is 95.0 cm³/mol. The SMILES string of the molecule is CC1(C)C(S)=C(S)C(C)(C)c2c1ccc1ccccc21. The summed E-state index contributed by atoms with van der Waals surface area (Å²) >= 11 is 9.58. The zero-order valence-electron chi connectivity index (χ0n) is 12.4. The van der Waals surface area contributed by atoms with Gasteiger partial charge in [0, 0.05) is 20.6 Å². The van der Waals surface area contributed by atoms with Gasteiger partial charge in [-0.1, -0.05) is 64.1 Å². The molecule has 0 aliphatic heterocycles. The van der Waals surface area contributed by atoms with Crippen LogP contribution in [0.15, 0.2) is 46.2 Å². The van der Waals surface area contributed by atoms with E-state index in [1.807, 2.05) is 0 Å². The van der Waals surface area contributed by atoms with E-state index >= 15 is 0 Å². The molecule has 104 valence electrons. The fourth-order valence-electron chi connectivity index (χ4n) is 3.30. The van der Waals surface area contributed by atoms with E-state index in [1.165, 1.54) is 21.9 Å². The smallest absolute Gasteiger partial charge is 0.0221 e. The zero-order valence-corrected chi connectivity index (χ0v) is 14.1. The van der Waals surface area contributed by atoms with E-state index in [0.29, 0.717) is 0 Å². The fraction of sp³-hybridized carbons (Fsp3) is 0.333. The number of hydrogen-bond acceptors (Lipinski definition) is 2. The molecule has 1 aliphatic carbocycles. The molecule has 0 saturated heterocycles. The van der Waals surface area contributed by atoms with E-state index < -0.39 is 0 Å². The quantitative estimate of drug-likeness (QED) is 0.591. The van der Waals surface area contributed by atoms with Gasteiger partial charge in [0.2, 0.25) is 0 Å². The summed E-state index contributed by atoms with van der Waals surface area (Å²) in [4.78, 5) is 2.16. The fourth-order valence-corrected chi connectivity index (χ4v) is 4.09. The van der Waals surface area contributed by atoms with Crippen LogP contribution in [0, 0.1) is 0 Å². The minimum atomic E-state index is -0.105. The Kier molecular flexibility index (Phi) is 3.04. The summed E-state index contributed by atoms with van der Waals surface area (Å²) in [5.74, 6) is 0. The van der Waals surface area contributed by atoms with Crippen molar-refractivity contribution in [2.24, 2.45) is 0 Å². The van der Waals surface area contributed by atoms with Gasteiger partial charge in [0.1, 0.15) is 0 Å². The highest BCUT2D eigenvalue weighted by Gasteiger charge is 2.42. The first-order valence-electron chi connectivity index (χ1n) is 6.94. The molecule has 0 heterocycles. The van der Waals surface area contributed by atoms with E-state index in [1.54, 1.807) is 0 Å². The third-order valence-corrected chi connectivity index (χ3v) is 6.38. The van der Waals surface area contributed by atoms with Crippen molar-refractivity contribution in [2.75, 3.05) is 0 Å². The molecule has 2 aromatic carbocycles. The van der Waals surface area contributed by atoms with Crippen LogP contribution in [-0.4, -0.2) is 0 Å². The molecule has 0 fully saturated rings. The largest absolute Gasteiger partial charge is 0.146 e. The van der Waals surface area contributed by atoms with Crippen LogP contribution in [0.1, 0.15) is 38.8 Å². The van der Waals surface area contributed by atoms with Crippen molar-refractivity contribution < 1.29 is 0 Å². The number of hydrogen-bond donors (Lipinski definition) is 2. The summed E-state index contributed by atoms with van der Waals surface area (Å²) < 4.78 is 0. The van der Waals surface area contributed by atoms with Gasteiger partial charge in [-0.25, -0.2) is 0 Å². The Labute approximate surface area is 132 Å². The molecule has 0 spiro atoms. The van der Waals surface area contributed by atoms with Crippen molar-refractivity contribution >= 4 is 36.0 Å². The normalized spacial score (nSPS) is 20.1. The Morgan fingerprint density at radius 3 is 2.05 bits per heavy atom. The summed E-state index contributed by atoms with van der Waals surface area (Å²) in [6.45, 7) is 8.95. The summed E-state index contributed by atoms with van der Waals surface area (Å²) in [6, 6.07) is 13.1. The zero-order chi connectivity index (χ0) is 14.7. The van der Waals surface area contributed by atoms with Gasteiger partial charge in [-0.2, -0.15) is 0 Å². The lowest BCUT2D eigenvalue weighted by atomic mass is 9.66. The highest BCUT2D eigenvalue weighted by Crippen LogP contribution is 2.53. The molecule has 0 nitrogen and oxygen atoms in total. The van der Waals surface area contributed by atoms with Gasteiger partial charge in [-0.05, 0) is 21.9 Å². The Morgan fingerprint density at radius 2 is 1.35 bits per heavy atom. The van der Waals surface area contributed by atoms with Crippen molar-refractivity contribution in [2.45, 2.75) is 38.5 Å². The third kappa shape index (κ3) is 1.71. The highest BCUT2D eigenvalue weighted by atomic mass is 32.1. The van der Waals surface area contributed by atoms with E-state index in [2.05, 4.69) is 64.1 Å². The second-order valence-corrected chi connectivity index (χ2v) is 7.55. The van der Waals surface area contributed by atoms with Gasteiger partial charge in [0.25, 0.3) is 0 Å². The number of rotatable bonds is 0. The van der Waals surface area contributed by atoms with Gasteiger partial charge in [-0.15, -0.1) is 25.3 Å². The molecule has 2 aromatic rings. The second-order valence-electron chi connectivity index (χ2n) is 6.66. The van der Waals surface area contributed by atoms with Gasteiger partial charge in [-0.3, -0.25) is 0 Å². The molecule has 0 amide bonds. The maximum absolute atomic E-state index is 4.80. The molecule has 0 unspecified atom stereocenters. The molecular formula is C18H20S2.